The Morgan fingerprint density at radius 3 is 2.55 bits per heavy atom. The first kappa shape index (κ1) is 14.1. The van der Waals surface area contributed by atoms with Crippen LogP contribution in [0.4, 0.5) is 11.4 Å². The van der Waals surface area contributed by atoms with Gasteiger partial charge in [0.1, 0.15) is 0 Å². The van der Waals surface area contributed by atoms with Crippen molar-refractivity contribution in [3.05, 3.63) is 35.7 Å². The van der Waals surface area contributed by atoms with Crippen molar-refractivity contribution in [3.8, 4) is 0 Å². The summed E-state index contributed by atoms with van der Waals surface area (Å²) in [7, 11) is -3.44. The third-order valence-corrected chi connectivity index (χ3v) is 3.90. The fraction of sp³-hybridized carbons (Fsp3) is 0.167. The van der Waals surface area contributed by atoms with Gasteiger partial charge in [0.05, 0.1) is 22.0 Å². The van der Waals surface area contributed by atoms with Gasteiger partial charge in [-0.1, -0.05) is 12.1 Å². The molecule has 8 heteroatoms. The van der Waals surface area contributed by atoms with E-state index in [0.29, 0.717) is 5.69 Å². The van der Waals surface area contributed by atoms with Crippen molar-refractivity contribution < 1.29 is 13.2 Å². The molecule has 0 atom stereocenters. The Morgan fingerprint density at radius 2 is 2.00 bits per heavy atom. The van der Waals surface area contributed by atoms with Gasteiger partial charge in [0.2, 0.25) is 0 Å². The van der Waals surface area contributed by atoms with E-state index in [0.717, 1.165) is 6.26 Å². The zero-order chi connectivity index (χ0) is 14.9. The lowest BCUT2D eigenvalue weighted by molar-refractivity contribution is 0.102. The van der Waals surface area contributed by atoms with Crippen molar-refractivity contribution in [2.45, 2.75) is 11.8 Å². The van der Waals surface area contributed by atoms with Gasteiger partial charge in [0.25, 0.3) is 5.91 Å². The molecular formula is C12H14N4O3S. The Balaban J connectivity index is 2.36. The number of amides is 1. The summed E-state index contributed by atoms with van der Waals surface area (Å²) in [4.78, 5) is 12.1. The first-order valence-corrected chi connectivity index (χ1v) is 7.60. The van der Waals surface area contributed by atoms with E-state index in [2.05, 4.69) is 15.5 Å². The molecule has 20 heavy (non-hydrogen) atoms. The summed E-state index contributed by atoms with van der Waals surface area (Å²) in [6, 6.07) is 6.14. The first-order chi connectivity index (χ1) is 9.30. The molecule has 0 unspecified atom stereocenters. The zero-order valence-corrected chi connectivity index (χ0v) is 11.8. The standard InChI is InChI=1S/C12H14N4O3S/c1-7-10(13)11(16-15-7)12(17)14-8-5-3-4-6-9(8)20(2,18)19/h3-6H,13H2,1-2H3,(H,14,17)(H,15,16). The van der Waals surface area contributed by atoms with Gasteiger partial charge >= 0.3 is 0 Å². The van der Waals surface area contributed by atoms with Crippen LogP contribution in [0.5, 0.6) is 0 Å². The van der Waals surface area contributed by atoms with Gasteiger partial charge in [-0.25, -0.2) is 8.42 Å². The third-order valence-electron chi connectivity index (χ3n) is 2.74. The lowest BCUT2D eigenvalue weighted by Gasteiger charge is -2.08. The number of sulfone groups is 1. The number of nitrogens with one attached hydrogen (secondary N) is 2. The van der Waals surface area contributed by atoms with Crippen molar-refractivity contribution in [2.75, 3.05) is 17.3 Å². The summed E-state index contributed by atoms with van der Waals surface area (Å²) in [5, 5.41) is 8.89. The van der Waals surface area contributed by atoms with Crippen LogP contribution >= 0.6 is 0 Å². The number of aromatic amines is 1. The number of aryl methyl sites for hydroxylation is 1. The molecule has 2 aromatic rings. The highest BCUT2D eigenvalue weighted by Crippen LogP contribution is 2.22. The van der Waals surface area contributed by atoms with Gasteiger partial charge in [0.15, 0.2) is 15.5 Å². The summed E-state index contributed by atoms with van der Waals surface area (Å²) < 4.78 is 23.3. The normalized spacial score (nSPS) is 11.3. The molecular weight excluding hydrogens is 280 g/mol. The molecule has 0 spiro atoms. The van der Waals surface area contributed by atoms with Gasteiger partial charge in [-0.15, -0.1) is 0 Å². The van der Waals surface area contributed by atoms with Crippen LogP contribution in [0, 0.1) is 6.92 Å². The molecule has 0 aliphatic heterocycles. The monoisotopic (exact) mass is 294 g/mol. The number of nitrogens with zero attached hydrogens (tertiary/aromatic N) is 1. The molecule has 0 aliphatic carbocycles. The van der Waals surface area contributed by atoms with Crippen LogP contribution in [0.25, 0.3) is 0 Å². The molecule has 0 aliphatic rings. The summed E-state index contributed by atoms with van der Waals surface area (Å²) in [6.45, 7) is 1.68. The Morgan fingerprint density at radius 1 is 1.35 bits per heavy atom. The molecule has 4 N–H and O–H groups in total. The summed E-state index contributed by atoms with van der Waals surface area (Å²) in [6.07, 6.45) is 1.07. The van der Waals surface area contributed by atoms with Crippen molar-refractivity contribution in [1.82, 2.24) is 10.2 Å². The van der Waals surface area contributed by atoms with Crippen LogP contribution in [-0.2, 0) is 9.84 Å². The van der Waals surface area contributed by atoms with Crippen molar-refractivity contribution in [3.63, 3.8) is 0 Å². The topological polar surface area (TPSA) is 118 Å². The summed E-state index contributed by atoms with van der Waals surface area (Å²) >= 11 is 0. The third kappa shape index (κ3) is 2.64. The molecule has 0 radical (unpaired) electrons. The predicted octanol–water partition coefficient (Wildman–Crippen LogP) is 0.956. The molecule has 7 nitrogen and oxygen atoms in total. The Bertz CT molecular complexity index is 765. The van der Waals surface area contributed by atoms with Crippen LogP contribution < -0.4 is 11.1 Å². The van der Waals surface area contributed by atoms with Gasteiger partial charge in [-0.3, -0.25) is 9.89 Å². The van der Waals surface area contributed by atoms with Crippen molar-refractivity contribution >= 4 is 27.1 Å². The fourth-order valence-corrected chi connectivity index (χ4v) is 2.53. The van der Waals surface area contributed by atoms with E-state index in [1.807, 2.05) is 0 Å². The number of nitrogens with two attached hydrogens (primary N) is 1. The molecule has 106 valence electrons. The number of H-pyrrole nitrogens is 1. The van der Waals surface area contributed by atoms with Crippen LogP contribution in [0.3, 0.4) is 0 Å². The second kappa shape index (κ2) is 4.97. The molecule has 1 aromatic carbocycles. The van der Waals surface area contributed by atoms with E-state index in [4.69, 9.17) is 5.73 Å². The number of aromatic nitrogens is 2. The first-order valence-electron chi connectivity index (χ1n) is 5.71. The van der Waals surface area contributed by atoms with E-state index in [9.17, 15) is 13.2 Å². The minimum Gasteiger partial charge on any atom is -0.395 e. The molecule has 1 amide bonds. The highest BCUT2D eigenvalue weighted by atomic mass is 32.2. The minimum absolute atomic E-state index is 0.0332. The second-order valence-electron chi connectivity index (χ2n) is 4.33. The van der Waals surface area contributed by atoms with Gasteiger partial charge in [-0.2, -0.15) is 5.10 Å². The van der Waals surface area contributed by atoms with Crippen molar-refractivity contribution in [1.29, 1.82) is 0 Å². The zero-order valence-electron chi connectivity index (χ0n) is 11.0. The number of anilines is 2. The highest BCUT2D eigenvalue weighted by molar-refractivity contribution is 7.90. The van der Waals surface area contributed by atoms with Gasteiger partial charge in [-0.05, 0) is 19.1 Å². The molecule has 0 bridgehead atoms. The molecule has 2 rings (SSSR count). The molecule has 0 saturated heterocycles. The maximum absolute atomic E-state index is 12.1. The summed E-state index contributed by atoms with van der Waals surface area (Å²) in [5.74, 6) is -0.567. The molecule has 0 saturated carbocycles. The Kier molecular flexibility index (Phi) is 3.49. The van der Waals surface area contributed by atoms with Crippen LogP contribution in [0.1, 0.15) is 16.2 Å². The summed E-state index contributed by atoms with van der Waals surface area (Å²) in [5.41, 5.74) is 6.75. The number of para-hydroxylation sites is 1. The second-order valence-corrected chi connectivity index (χ2v) is 6.32. The van der Waals surface area contributed by atoms with E-state index in [-0.39, 0.29) is 22.0 Å². The van der Waals surface area contributed by atoms with E-state index < -0.39 is 15.7 Å². The maximum atomic E-state index is 12.1. The van der Waals surface area contributed by atoms with E-state index >= 15 is 0 Å². The average molecular weight is 294 g/mol. The number of carbonyl (C=O) groups is 1. The van der Waals surface area contributed by atoms with Crippen LogP contribution in [-0.4, -0.2) is 30.8 Å². The SMILES string of the molecule is Cc1[nH]nc(C(=O)Nc2ccccc2S(C)(=O)=O)c1N. The number of hydrogen-bond donors (Lipinski definition) is 3. The molecule has 1 aromatic heterocycles. The number of nitrogen functional groups attached to an aromatic ring is 1. The number of rotatable bonds is 3. The van der Waals surface area contributed by atoms with Crippen molar-refractivity contribution in [2.24, 2.45) is 0 Å². The van der Waals surface area contributed by atoms with Gasteiger partial charge < -0.3 is 11.1 Å². The van der Waals surface area contributed by atoms with E-state index in [1.54, 1.807) is 19.1 Å². The van der Waals surface area contributed by atoms with E-state index in [1.165, 1.54) is 12.1 Å². The minimum atomic E-state index is -3.44. The molecule has 1 heterocycles. The smallest absolute Gasteiger partial charge is 0.278 e. The Hall–Kier alpha value is -2.35. The predicted molar refractivity (Wildman–Crippen MR) is 75.2 cm³/mol. The van der Waals surface area contributed by atoms with Crippen LogP contribution in [0.2, 0.25) is 0 Å². The average Bonchev–Trinajstić information content (AvgIpc) is 2.69. The number of carbonyl (C=O) groups excluding carboxylic acids is 1. The number of hydrogen-bond acceptors (Lipinski definition) is 5. The van der Waals surface area contributed by atoms with Crippen LogP contribution in [0.15, 0.2) is 29.2 Å². The Labute approximate surface area is 116 Å². The molecule has 0 fully saturated rings. The maximum Gasteiger partial charge on any atom is 0.278 e. The lowest BCUT2D eigenvalue weighted by atomic mass is 10.2. The number of benzene rings is 1. The quantitative estimate of drug-likeness (QED) is 0.779. The highest BCUT2D eigenvalue weighted by Gasteiger charge is 2.19. The van der Waals surface area contributed by atoms with Gasteiger partial charge in [0, 0.05) is 6.26 Å². The largest absolute Gasteiger partial charge is 0.395 e. The lowest BCUT2D eigenvalue weighted by Crippen LogP contribution is -2.16. The fourth-order valence-electron chi connectivity index (χ4n) is 1.69.